The van der Waals surface area contributed by atoms with Crippen molar-refractivity contribution in [2.75, 3.05) is 19.7 Å². The lowest BCUT2D eigenvalue weighted by Crippen LogP contribution is -2.44. The Hall–Kier alpha value is -2.09. The Morgan fingerprint density at radius 3 is 2.67 bits per heavy atom. The number of nitrogens with one attached hydrogen (secondary N) is 2. The minimum Gasteiger partial charge on any atom is -0.468 e. The molecule has 0 aliphatic rings. The number of pyridine rings is 1. The zero-order chi connectivity index (χ0) is 21.5. The van der Waals surface area contributed by atoms with Crippen molar-refractivity contribution >= 4 is 29.9 Å². The number of ether oxygens (including phenoxy) is 1. The molecule has 2 heterocycles. The minimum atomic E-state index is -4.43. The van der Waals surface area contributed by atoms with Crippen LogP contribution in [-0.2, 0) is 19.2 Å². The van der Waals surface area contributed by atoms with E-state index in [1.165, 1.54) is 12.3 Å². The van der Waals surface area contributed by atoms with E-state index in [2.05, 4.69) is 30.4 Å². The summed E-state index contributed by atoms with van der Waals surface area (Å²) < 4.78 is 43.1. The van der Waals surface area contributed by atoms with Crippen LogP contribution in [0.1, 0.15) is 25.0 Å². The van der Waals surface area contributed by atoms with E-state index in [0.717, 1.165) is 0 Å². The monoisotopic (exact) mass is 542 g/mol. The fourth-order valence-corrected chi connectivity index (χ4v) is 2.35. The van der Waals surface area contributed by atoms with Gasteiger partial charge in [-0.15, -0.1) is 24.0 Å². The molecule has 0 aliphatic carbocycles. The SMILES string of the molecule is CCNC(=NCc1ccnc(OCC(F)(F)F)c1)NCC(C)(O)c1cnn(C)c1.I. The fourth-order valence-electron chi connectivity index (χ4n) is 2.35. The van der Waals surface area contributed by atoms with Crippen LogP contribution in [-0.4, -0.2) is 51.7 Å². The van der Waals surface area contributed by atoms with Gasteiger partial charge in [-0.2, -0.15) is 18.3 Å². The molecule has 0 spiro atoms. The number of aromatic nitrogens is 3. The van der Waals surface area contributed by atoms with Crippen molar-refractivity contribution in [3.63, 3.8) is 0 Å². The van der Waals surface area contributed by atoms with Gasteiger partial charge in [0.1, 0.15) is 5.60 Å². The van der Waals surface area contributed by atoms with Gasteiger partial charge in [0.05, 0.1) is 19.3 Å². The molecule has 1 unspecified atom stereocenters. The highest BCUT2D eigenvalue weighted by atomic mass is 127. The van der Waals surface area contributed by atoms with Gasteiger partial charge in [-0.1, -0.05) is 0 Å². The highest BCUT2D eigenvalue weighted by Gasteiger charge is 2.28. The lowest BCUT2D eigenvalue weighted by atomic mass is 10.00. The van der Waals surface area contributed by atoms with E-state index in [0.29, 0.717) is 23.6 Å². The van der Waals surface area contributed by atoms with Crippen LogP contribution in [0.25, 0.3) is 0 Å². The van der Waals surface area contributed by atoms with Gasteiger partial charge in [0.2, 0.25) is 5.88 Å². The molecule has 0 aromatic carbocycles. The van der Waals surface area contributed by atoms with E-state index in [1.54, 1.807) is 37.1 Å². The summed E-state index contributed by atoms with van der Waals surface area (Å²) in [7, 11) is 1.76. The first-order chi connectivity index (χ1) is 13.6. The maximum absolute atomic E-state index is 12.3. The first-order valence-corrected chi connectivity index (χ1v) is 8.97. The van der Waals surface area contributed by atoms with Gasteiger partial charge in [-0.3, -0.25) is 4.68 Å². The third-order valence-electron chi connectivity index (χ3n) is 3.87. The van der Waals surface area contributed by atoms with Crippen molar-refractivity contribution in [2.24, 2.45) is 12.0 Å². The summed E-state index contributed by atoms with van der Waals surface area (Å²) in [6.07, 6.45) is 0.254. The average Bonchev–Trinajstić information content (AvgIpc) is 3.09. The smallest absolute Gasteiger partial charge is 0.422 e. The normalized spacial score (nSPS) is 13.9. The third kappa shape index (κ3) is 8.73. The van der Waals surface area contributed by atoms with Gasteiger partial charge in [0.15, 0.2) is 12.6 Å². The summed E-state index contributed by atoms with van der Waals surface area (Å²) >= 11 is 0. The Morgan fingerprint density at radius 1 is 1.33 bits per heavy atom. The van der Waals surface area contributed by atoms with Crippen molar-refractivity contribution in [3.8, 4) is 5.88 Å². The highest BCUT2D eigenvalue weighted by Crippen LogP contribution is 2.19. The largest absolute Gasteiger partial charge is 0.468 e. The lowest BCUT2D eigenvalue weighted by molar-refractivity contribution is -0.154. The van der Waals surface area contributed by atoms with Gasteiger partial charge in [0, 0.05) is 37.6 Å². The topological polar surface area (TPSA) is 96.6 Å². The highest BCUT2D eigenvalue weighted by molar-refractivity contribution is 14.0. The third-order valence-corrected chi connectivity index (χ3v) is 3.87. The predicted octanol–water partition coefficient (Wildman–Crippen LogP) is 2.34. The van der Waals surface area contributed by atoms with Crippen LogP contribution < -0.4 is 15.4 Å². The quantitative estimate of drug-likeness (QED) is 0.269. The number of rotatable bonds is 8. The van der Waals surface area contributed by atoms with Gasteiger partial charge < -0.3 is 20.5 Å². The second kappa shape index (κ2) is 11.3. The molecule has 8 nitrogen and oxygen atoms in total. The standard InChI is InChI=1S/C18H25F3N6O2.HI/c1-4-22-16(25-11-17(2,28)14-9-26-27(3)10-14)24-8-13-5-6-23-15(7-13)29-12-18(19,20)21;/h5-7,9-10,28H,4,8,11-12H2,1-3H3,(H2,22,24,25);1H. The molecule has 0 amide bonds. The van der Waals surface area contributed by atoms with Crippen LogP contribution in [0.4, 0.5) is 13.2 Å². The van der Waals surface area contributed by atoms with E-state index in [1.807, 2.05) is 6.92 Å². The molecule has 30 heavy (non-hydrogen) atoms. The number of alkyl halides is 3. The van der Waals surface area contributed by atoms with Crippen molar-refractivity contribution in [1.29, 1.82) is 0 Å². The number of aryl methyl sites for hydroxylation is 1. The molecule has 0 aliphatic heterocycles. The average molecular weight is 542 g/mol. The predicted molar refractivity (Wildman–Crippen MR) is 117 cm³/mol. The molecule has 0 fully saturated rings. The number of hydrogen-bond acceptors (Lipinski definition) is 5. The van der Waals surface area contributed by atoms with Crippen LogP contribution in [0.3, 0.4) is 0 Å². The Labute approximate surface area is 190 Å². The Balaban J connectivity index is 0.00000450. The second-order valence-electron chi connectivity index (χ2n) is 6.63. The summed E-state index contributed by atoms with van der Waals surface area (Å²) in [4.78, 5) is 8.16. The minimum absolute atomic E-state index is 0. The van der Waals surface area contributed by atoms with Crippen LogP contribution in [0.15, 0.2) is 35.7 Å². The van der Waals surface area contributed by atoms with Crippen LogP contribution in [0.2, 0.25) is 0 Å². The molecule has 3 N–H and O–H groups in total. The number of halogens is 4. The number of aliphatic hydroxyl groups is 1. The molecule has 0 saturated carbocycles. The van der Waals surface area contributed by atoms with Crippen molar-refractivity contribution in [1.82, 2.24) is 25.4 Å². The van der Waals surface area contributed by atoms with Gasteiger partial charge in [-0.05, 0) is 25.5 Å². The lowest BCUT2D eigenvalue weighted by Gasteiger charge is -2.23. The summed E-state index contributed by atoms with van der Waals surface area (Å²) in [6.45, 7) is 3.12. The number of hydrogen-bond donors (Lipinski definition) is 3. The van der Waals surface area contributed by atoms with Crippen molar-refractivity contribution < 1.29 is 23.0 Å². The van der Waals surface area contributed by atoms with Crippen LogP contribution in [0, 0.1) is 0 Å². The van der Waals surface area contributed by atoms with E-state index in [-0.39, 0.29) is 42.9 Å². The van der Waals surface area contributed by atoms with Gasteiger partial charge in [0.25, 0.3) is 0 Å². The van der Waals surface area contributed by atoms with Gasteiger partial charge in [-0.25, -0.2) is 9.98 Å². The van der Waals surface area contributed by atoms with Crippen LogP contribution in [0.5, 0.6) is 5.88 Å². The molecule has 2 aromatic heterocycles. The summed E-state index contributed by atoms with van der Waals surface area (Å²) in [5.74, 6) is 0.332. The second-order valence-corrected chi connectivity index (χ2v) is 6.63. The zero-order valence-corrected chi connectivity index (χ0v) is 19.2. The van der Waals surface area contributed by atoms with E-state index >= 15 is 0 Å². The number of guanidine groups is 1. The molecule has 0 bridgehead atoms. The maximum atomic E-state index is 12.3. The number of aliphatic imine (C=N–C) groups is 1. The summed E-state index contributed by atoms with van der Waals surface area (Å²) in [5.41, 5.74) is 0.122. The molecule has 168 valence electrons. The van der Waals surface area contributed by atoms with Gasteiger partial charge >= 0.3 is 6.18 Å². The maximum Gasteiger partial charge on any atom is 0.422 e. The fraction of sp³-hybridized carbons (Fsp3) is 0.500. The Kier molecular flexibility index (Phi) is 9.81. The Bertz CT molecular complexity index is 826. The van der Waals surface area contributed by atoms with E-state index in [9.17, 15) is 18.3 Å². The molecule has 12 heteroatoms. The summed E-state index contributed by atoms with van der Waals surface area (Å²) in [5, 5.41) is 20.8. The van der Waals surface area contributed by atoms with E-state index < -0.39 is 18.4 Å². The molecule has 1 atom stereocenters. The van der Waals surface area contributed by atoms with Crippen molar-refractivity contribution in [2.45, 2.75) is 32.2 Å². The summed E-state index contributed by atoms with van der Waals surface area (Å²) in [6, 6.07) is 3.05. The number of nitrogens with zero attached hydrogens (tertiary/aromatic N) is 4. The van der Waals surface area contributed by atoms with Crippen LogP contribution >= 0.6 is 24.0 Å². The molecule has 2 rings (SSSR count). The molecule has 0 saturated heterocycles. The molecule has 2 aromatic rings. The molecular weight excluding hydrogens is 516 g/mol. The molecular formula is C18H26F3IN6O2. The molecule has 0 radical (unpaired) electrons. The first kappa shape index (κ1) is 25.9. The van der Waals surface area contributed by atoms with E-state index in [4.69, 9.17) is 0 Å². The Morgan fingerprint density at radius 2 is 2.07 bits per heavy atom. The first-order valence-electron chi connectivity index (χ1n) is 8.97. The zero-order valence-electron chi connectivity index (χ0n) is 16.9. The van der Waals surface area contributed by atoms with Crippen molar-refractivity contribution in [3.05, 3.63) is 41.9 Å².